The van der Waals surface area contributed by atoms with Gasteiger partial charge in [-0.2, -0.15) is 28.2 Å². The highest BCUT2D eigenvalue weighted by atomic mass is 32.2. The molecule has 0 aliphatic carbocycles. The third-order valence-electron chi connectivity index (χ3n) is 4.81. The van der Waals surface area contributed by atoms with Crippen molar-refractivity contribution in [3.05, 3.63) is 65.5 Å². The molecular formula is C22H23N7O9S2. The minimum Gasteiger partial charge on any atom is -0.467 e. The molecule has 18 heteroatoms. The van der Waals surface area contributed by atoms with Crippen LogP contribution in [-0.2, 0) is 29.5 Å². The van der Waals surface area contributed by atoms with Crippen molar-refractivity contribution in [2.75, 3.05) is 26.6 Å². The number of ether oxygens (including phenoxy) is 3. The molecule has 16 nitrogen and oxygen atoms in total. The summed E-state index contributed by atoms with van der Waals surface area (Å²) in [5, 5.41) is 6.09. The smallest absolute Gasteiger partial charge is 0.339 e. The number of esters is 2. The zero-order chi connectivity index (χ0) is 29.5. The van der Waals surface area contributed by atoms with Crippen LogP contribution < -0.4 is 19.6 Å². The number of methoxy groups -OCH3 is 3. The normalized spacial score (nSPS) is 11.8. The second kappa shape index (κ2) is 12.3. The van der Waals surface area contributed by atoms with E-state index in [9.17, 15) is 26.4 Å². The number of anilines is 1. The molecule has 40 heavy (non-hydrogen) atoms. The lowest BCUT2D eigenvalue weighted by Crippen LogP contribution is -2.39. The lowest BCUT2D eigenvalue weighted by Gasteiger charge is -2.15. The van der Waals surface area contributed by atoms with Crippen LogP contribution in [0.1, 0.15) is 26.5 Å². The molecule has 0 aliphatic heterocycles. The highest BCUT2D eigenvalue weighted by Crippen LogP contribution is 2.18. The maximum absolute atomic E-state index is 13.3. The summed E-state index contributed by atoms with van der Waals surface area (Å²) in [6, 6.07) is 10.1. The molecule has 0 saturated carbocycles. The Morgan fingerprint density at radius 1 is 0.775 bits per heavy atom. The van der Waals surface area contributed by atoms with Crippen LogP contribution in [0.2, 0.25) is 0 Å². The Bertz CT molecular complexity index is 1680. The van der Waals surface area contributed by atoms with Crippen LogP contribution in [0.25, 0.3) is 0 Å². The van der Waals surface area contributed by atoms with Gasteiger partial charge < -0.3 is 14.2 Å². The molecule has 0 amide bonds. The number of aryl methyl sites for hydroxylation is 1. The van der Waals surface area contributed by atoms with Crippen LogP contribution in [0.15, 0.2) is 63.4 Å². The SMILES string of the molecule is COC(=O)c1ccccc1S(=O)(=O)NN=C(Nc1nc(C)nc(OC)n1)NS(=O)(=O)c1ccccc1C(=O)OC. The van der Waals surface area contributed by atoms with Gasteiger partial charge in [-0.3, -0.25) is 5.32 Å². The lowest BCUT2D eigenvalue weighted by atomic mass is 10.2. The number of benzene rings is 2. The Morgan fingerprint density at radius 2 is 1.30 bits per heavy atom. The molecule has 3 rings (SSSR count). The fraction of sp³-hybridized carbons (Fsp3) is 0.182. The average molecular weight is 594 g/mol. The molecule has 212 valence electrons. The van der Waals surface area contributed by atoms with Gasteiger partial charge >= 0.3 is 17.9 Å². The number of hydrazone groups is 1. The first-order chi connectivity index (χ1) is 18.9. The van der Waals surface area contributed by atoms with E-state index in [1.807, 2.05) is 4.83 Å². The number of hydrogen-bond acceptors (Lipinski definition) is 13. The van der Waals surface area contributed by atoms with Crippen molar-refractivity contribution >= 4 is 43.9 Å². The van der Waals surface area contributed by atoms with E-state index in [0.717, 1.165) is 26.4 Å². The van der Waals surface area contributed by atoms with Crippen molar-refractivity contribution < 1.29 is 40.6 Å². The lowest BCUT2D eigenvalue weighted by molar-refractivity contribution is 0.0587. The summed E-state index contributed by atoms with van der Waals surface area (Å²) in [6.07, 6.45) is 0. The first-order valence-corrected chi connectivity index (χ1v) is 13.9. The van der Waals surface area contributed by atoms with Crippen molar-refractivity contribution in [3.8, 4) is 6.01 Å². The summed E-state index contributed by atoms with van der Waals surface area (Å²) in [4.78, 5) is 36.9. The molecule has 0 aliphatic rings. The second-order valence-electron chi connectivity index (χ2n) is 7.45. The van der Waals surface area contributed by atoms with E-state index in [4.69, 9.17) is 4.74 Å². The Kier molecular flexibility index (Phi) is 9.17. The van der Waals surface area contributed by atoms with E-state index in [1.54, 1.807) is 0 Å². The summed E-state index contributed by atoms with van der Waals surface area (Å²) in [7, 11) is -5.74. The Balaban J connectivity index is 2.07. The largest absolute Gasteiger partial charge is 0.467 e. The number of aromatic nitrogens is 3. The number of carbonyl (C=O) groups excluding carboxylic acids is 2. The van der Waals surface area contributed by atoms with E-state index < -0.39 is 47.7 Å². The van der Waals surface area contributed by atoms with Gasteiger partial charge in [-0.15, -0.1) is 5.10 Å². The number of nitrogens with one attached hydrogen (secondary N) is 3. The Hall–Kier alpha value is -4.84. The van der Waals surface area contributed by atoms with E-state index in [-0.39, 0.29) is 28.9 Å². The molecule has 0 saturated heterocycles. The van der Waals surface area contributed by atoms with Crippen LogP contribution in [-0.4, -0.2) is 71.0 Å². The highest BCUT2D eigenvalue weighted by Gasteiger charge is 2.26. The van der Waals surface area contributed by atoms with Gasteiger partial charge in [-0.25, -0.2) is 22.7 Å². The van der Waals surface area contributed by atoms with Crippen LogP contribution in [0.3, 0.4) is 0 Å². The van der Waals surface area contributed by atoms with Gasteiger partial charge in [0.15, 0.2) is 0 Å². The summed E-state index contributed by atoms with van der Waals surface area (Å²) >= 11 is 0. The molecule has 0 atom stereocenters. The average Bonchev–Trinajstić information content (AvgIpc) is 2.94. The monoisotopic (exact) mass is 593 g/mol. The van der Waals surface area contributed by atoms with Crippen molar-refractivity contribution in [1.29, 1.82) is 0 Å². The number of hydrogen-bond donors (Lipinski definition) is 3. The number of nitrogens with zero attached hydrogens (tertiary/aromatic N) is 4. The van der Waals surface area contributed by atoms with Crippen LogP contribution in [0.4, 0.5) is 5.95 Å². The van der Waals surface area contributed by atoms with Crippen LogP contribution in [0, 0.1) is 6.92 Å². The number of rotatable bonds is 9. The van der Waals surface area contributed by atoms with Gasteiger partial charge in [0.1, 0.15) is 15.6 Å². The third kappa shape index (κ3) is 6.97. The van der Waals surface area contributed by atoms with Gasteiger partial charge in [0.05, 0.1) is 32.5 Å². The Morgan fingerprint density at radius 3 is 1.82 bits per heavy atom. The van der Waals surface area contributed by atoms with Gasteiger partial charge in [0.2, 0.25) is 11.9 Å². The predicted octanol–water partition coefficient (Wildman–Crippen LogP) is 0.402. The molecular weight excluding hydrogens is 570 g/mol. The van der Waals surface area contributed by atoms with Gasteiger partial charge in [-0.1, -0.05) is 24.3 Å². The van der Waals surface area contributed by atoms with Gasteiger partial charge in [-0.05, 0) is 31.2 Å². The molecule has 0 spiro atoms. The van der Waals surface area contributed by atoms with Crippen LogP contribution in [0.5, 0.6) is 6.01 Å². The van der Waals surface area contributed by atoms with Gasteiger partial charge in [0, 0.05) is 0 Å². The minimum atomic E-state index is -4.60. The predicted molar refractivity (Wildman–Crippen MR) is 138 cm³/mol. The van der Waals surface area contributed by atoms with Gasteiger partial charge in [0.25, 0.3) is 20.0 Å². The molecule has 0 fully saturated rings. The first-order valence-electron chi connectivity index (χ1n) is 10.9. The fourth-order valence-electron chi connectivity index (χ4n) is 3.08. The quantitative estimate of drug-likeness (QED) is 0.133. The van der Waals surface area contributed by atoms with E-state index in [0.29, 0.717) is 0 Å². The third-order valence-corrected chi connectivity index (χ3v) is 7.48. The molecule has 0 unspecified atom stereocenters. The highest BCUT2D eigenvalue weighted by molar-refractivity contribution is 7.90. The Labute approximate surface area is 228 Å². The summed E-state index contributed by atoms with van der Waals surface area (Å²) in [5.74, 6) is -2.73. The summed E-state index contributed by atoms with van der Waals surface area (Å²) in [6.45, 7) is 1.50. The molecule has 1 aromatic heterocycles. The molecule has 2 aromatic carbocycles. The second-order valence-corrected chi connectivity index (χ2v) is 10.7. The zero-order valence-electron chi connectivity index (χ0n) is 21.4. The molecule has 3 N–H and O–H groups in total. The first kappa shape index (κ1) is 29.7. The number of carbonyl (C=O) groups is 2. The zero-order valence-corrected chi connectivity index (χ0v) is 23.0. The van der Waals surface area contributed by atoms with Crippen molar-refractivity contribution in [3.63, 3.8) is 0 Å². The van der Waals surface area contributed by atoms with E-state index >= 15 is 0 Å². The van der Waals surface area contributed by atoms with Crippen LogP contribution >= 0.6 is 0 Å². The van der Waals surface area contributed by atoms with Crippen molar-refractivity contribution in [2.45, 2.75) is 16.7 Å². The molecule has 3 aromatic rings. The van der Waals surface area contributed by atoms with Crippen molar-refractivity contribution in [1.82, 2.24) is 24.5 Å². The topological polar surface area (TPSA) is 217 Å². The molecule has 0 bridgehead atoms. The summed E-state index contributed by atoms with van der Waals surface area (Å²) in [5.41, 5.74) is -0.602. The maximum Gasteiger partial charge on any atom is 0.339 e. The maximum atomic E-state index is 13.3. The number of sulfonamides is 2. The standard InChI is InChI=1S/C22H23N7O9S2/c1-13-23-20(26-22(24-13)38-4)25-21(28-39(32,33)16-11-7-5-9-14(16)18(30)36-2)27-29-40(34,35)17-12-8-6-10-15(17)19(31)37-3/h5-12,29H,1-4H3,(H2,23,24,25,26,27,28). The fourth-order valence-corrected chi connectivity index (χ4v) is 5.25. The molecule has 1 heterocycles. The minimum absolute atomic E-state index is 0.138. The summed E-state index contributed by atoms with van der Waals surface area (Å²) < 4.78 is 69.0. The van der Waals surface area contributed by atoms with E-state index in [1.165, 1.54) is 50.4 Å². The molecule has 0 radical (unpaired) electrons. The number of guanidine groups is 1. The van der Waals surface area contributed by atoms with E-state index in [2.05, 4.69) is 39.6 Å². The van der Waals surface area contributed by atoms with Crippen molar-refractivity contribution in [2.24, 2.45) is 5.10 Å².